The van der Waals surface area contributed by atoms with E-state index in [0.717, 1.165) is 48.7 Å². The van der Waals surface area contributed by atoms with Crippen molar-refractivity contribution in [3.05, 3.63) is 63.5 Å². The van der Waals surface area contributed by atoms with E-state index in [1.165, 1.54) is 30.1 Å². The van der Waals surface area contributed by atoms with Crippen LogP contribution in [0.1, 0.15) is 54.5 Å². The van der Waals surface area contributed by atoms with Crippen LogP contribution in [0.15, 0.2) is 35.1 Å². The van der Waals surface area contributed by atoms with Crippen molar-refractivity contribution in [2.24, 2.45) is 7.05 Å². The first-order valence-electron chi connectivity index (χ1n) is 10.1. The maximum absolute atomic E-state index is 12.6. The minimum Gasteiger partial charge on any atom is -0.334 e. The smallest absolute Gasteiger partial charge is 0.252 e. The van der Waals surface area contributed by atoms with E-state index in [1.807, 2.05) is 24.3 Å². The van der Waals surface area contributed by atoms with Crippen molar-refractivity contribution in [3.63, 3.8) is 0 Å². The number of pyridine rings is 1. The highest BCUT2D eigenvalue weighted by atomic mass is 16.1. The quantitative estimate of drug-likeness (QED) is 0.776. The number of aromatic amines is 1. The second-order valence-corrected chi connectivity index (χ2v) is 7.97. The van der Waals surface area contributed by atoms with Gasteiger partial charge in [-0.2, -0.15) is 0 Å². The number of hydrogen-bond acceptors (Lipinski definition) is 3. The molecule has 27 heavy (non-hydrogen) atoms. The topological polar surface area (TPSA) is 53.9 Å². The number of nitrogens with one attached hydrogen (secondary N) is 1. The number of rotatable bonds is 3. The van der Waals surface area contributed by atoms with Crippen LogP contribution in [0.2, 0.25) is 0 Å². The van der Waals surface area contributed by atoms with Crippen molar-refractivity contribution in [1.82, 2.24) is 19.4 Å². The molecule has 5 nitrogen and oxygen atoms in total. The molecule has 2 aromatic heterocycles. The van der Waals surface area contributed by atoms with E-state index in [2.05, 4.69) is 27.6 Å². The fourth-order valence-electron chi connectivity index (χ4n) is 4.84. The maximum Gasteiger partial charge on any atom is 0.252 e. The van der Waals surface area contributed by atoms with Gasteiger partial charge in [-0.1, -0.05) is 18.2 Å². The van der Waals surface area contributed by atoms with Gasteiger partial charge in [0.25, 0.3) is 5.56 Å². The Morgan fingerprint density at radius 1 is 1.19 bits per heavy atom. The first-order valence-corrected chi connectivity index (χ1v) is 10.1. The molecule has 1 unspecified atom stereocenters. The zero-order valence-electron chi connectivity index (χ0n) is 15.9. The summed E-state index contributed by atoms with van der Waals surface area (Å²) in [5.41, 5.74) is 4.50. The average molecular weight is 362 g/mol. The second kappa shape index (κ2) is 6.64. The standard InChI is InChI=1S/C22H26N4O/c1-25-19-10-5-4-9-18(19)23-21(25)20-11-6-12-26(20)14-16-13-15-7-2-3-8-17(15)24-22(16)27/h2-3,7-8,13,20H,4-6,9-12,14H2,1H3,(H,24,27). The van der Waals surface area contributed by atoms with Crippen LogP contribution in [0, 0.1) is 0 Å². The maximum atomic E-state index is 12.6. The van der Waals surface area contributed by atoms with Crippen molar-refractivity contribution in [1.29, 1.82) is 0 Å². The fourth-order valence-corrected chi connectivity index (χ4v) is 4.84. The molecule has 0 spiro atoms. The number of nitrogens with zero attached hydrogens (tertiary/aromatic N) is 3. The minimum atomic E-state index is 0.0264. The Balaban J connectivity index is 1.46. The monoisotopic (exact) mass is 362 g/mol. The van der Waals surface area contributed by atoms with E-state index in [0.29, 0.717) is 12.6 Å². The van der Waals surface area contributed by atoms with Gasteiger partial charge in [0, 0.05) is 30.4 Å². The number of likely N-dealkylation sites (tertiary alicyclic amines) is 1. The predicted octanol–water partition coefficient (Wildman–Crippen LogP) is 3.48. The summed E-state index contributed by atoms with van der Waals surface area (Å²) in [5, 5.41) is 1.09. The molecule has 1 aliphatic carbocycles. The lowest BCUT2D eigenvalue weighted by Crippen LogP contribution is -2.28. The minimum absolute atomic E-state index is 0.0264. The summed E-state index contributed by atoms with van der Waals surface area (Å²) in [6, 6.07) is 10.3. The molecule has 0 amide bonds. The third-order valence-electron chi connectivity index (χ3n) is 6.27. The number of hydrogen-bond donors (Lipinski definition) is 1. The van der Waals surface area contributed by atoms with Gasteiger partial charge >= 0.3 is 0 Å². The van der Waals surface area contributed by atoms with Crippen molar-refractivity contribution in [2.45, 2.75) is 51.1 Å². The molecule has 140 valence electrons. The molecular weight excluding hydrogens is 336 g/mol. The molecule has 1 aliphatic heterocycles. The van der Waals surface area contributed by atoms with E-state index in [-0.39, 0.29) is 5.56 Å². The Labute approximate surface area is 159 Å². The molecule has 1 atom stereocenters. The number of aromatic nitrogens is 3. The van der Waals surface area contributed by atoms with E-state index in [1.54, 1.807) is 0 Å². The van der Waals surface area contributed by atoms with E-state index in [4.69, 9.17) is 4.98 Å². The van der Waals surface area contributed by atoms with Gasteiger partial charge in [0.05, 0.1) is 11.7 Å². The molecule has 0 radical (unpaired) electrons. The predicted molar refractivity (Wildman–Crippen MR) is 107 cm³/mol. The Morgan fingerprint density at radius 2 is 2.04 bits per heavy atom. The molecule has 0 bridgehead atoms. The second-order valence-electron chi connectivity index (χ2n) is 7.97. The molecule has 1 saturated heterocycles. The van der Waals surface area contributed by atoms with Gasteiger partial charge < -0.3 is 9.55 Å². The summed E-state index contributed by atoms with van der Waals surface area (Å²) in [7, 11) is 2.17. The van der Waals surface area contributed by atoms with Crippen LogP contribution in [0.4, 0.5) is 0 Å². The van der Waals surface area contributed by atoms with E-state index >= 15 is 0 Å². The normalized spacial score (nSPS) is 20.3. The summed E-state index contributed by atoms with van der Waals surface area (Å²) in [4.78, 5) is 23.1. The van der Waals surface area contributed by atoms with Crippen molar-refractivity contribution in [3.8, 4) is 0 Å². The lowest BCUT2D eigenvalue weighted by molar-refractivity contribution is 0.235. The summed E-state index contributed by atoms with van der Waals surface area (Å²) >= 11 is 0. The van der Waals surface area contributed by atoms with Crippen LogP contribution in [0.25, 0.3) is 10.9 Å². The van der Waals surface area contributed by atoms with Gasteiger partial charge in [0.1, 0.15) is 5.82 Å². The average Bonchev–Trinajstić information content (AvgIpc) is 3.27. The highest BCUT2D eigenvalue weighted by Gasteiger charge is 2.31. The molecular formula is C22H26N4O. The lowest BCUT2D eigenvalue weighted by Gasteiger charge is -2.24. The Bertz CT molecular complexity index is 1050. The lowest BCUT2D eigenvalue weighted by atomic mass is 10.0. The number of benzene rings is 1. The molecule has 3 heterocycles. The fraction of sp³-hybridized carbons (Fsp3) is 0.455. The first-order chi connectivity index (χ1) is 13.2. The zero-order valence-corrected chi connectivity index (χ0v) is 15.9. The Kier molecular flexibility index (Phi) is 4.12. The highest BCUT2D eigenvalue weighted by Crippen LogP contribution is 2.34. The van der Waals surface area contributed by atoms with Crippen LogP contribution in [0.3, 0.4) is 0 Å². The van der Waals surface area contributed by atoms with Crippen molar-refractivity contribution < 1.29 is 0 Å². The molecule has 1 aromatic carbocycles. The number of fused-ring (bicyclic) bond motifs is 2. The summed E-state index contributed by atoms with van der Waals surface area (Å²) < 4.78 is 2.34. The highest BCUT2D eigenvalue weighted by molar-refractivity contribution is 5.78. The van der Waals surface area contributed by atoms with E-state index < -0.39 is 0 Å². The Hall–Kier alpha value is -2.40. The molecule has 5 rings (SSSR count). The summed E-state index contributed by atoms with van der Waals surface area (Å²) in [6.45, 7) is 1.71. The van der Waals surface area contributed by atoms with Gasteiger partial charge in [0.2, 0.25) is 0 Å². The van der Waals surface area contributed by atoms with Crippen LogP contribution in [0.5, 0.6) is 0 Å². The molecule has 0 saturated carbocycles. The van der Waals surface area contributed by atoms with Gasteiger partial charge in [-0.3, -0.25) is 9.69 Å². The third-order valence-corrected chi connectivity index (χ3v) is 6.27. The van der Waals surface area contributed by atoms with Gasteiger partial charge in [0.15, 0.2) is 0 Å². The van der Waals surface area contributed by atoms with Crippen LogP contribution >= 0.6 is 0 Å². The van der Waals surface area contributed by atoms with Crippen molar-refractivity contribution in [2.75, 3.05) is 6.54 Å². The van der Waals surface area contributed by atoms with Crippen LogP contribution < -0.4 is 5.56 Å². The van der Waals surface area contributed by atoms with Crippen molar-refractivity contribution >= 4 is 10.9 Å². The number of aryl methyl sites for hydroxylation is 1. The number of para-hydroxylation sites is 1. The van der Waals surface area contributed by atoms with Crippen LogP contribution in [-0.4, -0.2) is 26.0 Å². The first kappa shape index (κ1) is 16.8. The molecule has 3 aromatic rings. The summed E-state index contributed by atoms with van der Waals surface area (Å²) in [6.07, 6.45) is 7.07. The van der Waals surface area contributed by atoms with Crippen LogP contribution in [-0.2, 0) is 26.4 Å². The van der Waals surface area contributed by atoms with Gasteiger partial charge in [-0.25, -0.2) is 4.98 Å². The molecule has 5 heteroatoms. The molecule has 1 N–H and O–H groups in total. The zero-order chi connectivity index (χ0) is 18.4. The molecule has 1 fully saturated rings. The Morgan fingerprint density at radius 3 is 2.93 bits per heavy atom. The SMILES string of the molecule is Cn1c(C2CCCN2Cc2cc3ccccc3[nH]c2=O)nc2c1CCCC2. The molecule has 2 aliphatic rings. The summed E-state index contributed by atoms with van der Waals surface area (Å²) in [5.74, 6) is 1.19. The number of imidazole rings is 1. The van der Waals surface area contributed by atoms with Gasteiger partial charge in [-0.05, 0) is 62.6 Å². The van der Waals surface area contributed by atoms with E-state index in [9.17, 15) is 4.79 Å². The number of H-pyrrole nitrogens is 1. The third kappa shape index (κ3) is 2.90. The van der Waals surface area contributed by atoms with Gasteiger partial charge in [-0.15, -0.1) is 0 Å². The largest absolute Gasteiger partial charge is 0.334 e.